The number of nitrogens with one attached hydrogen (secondary N) is 1. The average Bonchev–Trinajstić information content (AvgIpc) is 2.29. The predicted molar refractivity (Wildman–Crippen MR) is 71.8 cm³/mol. The summed E-state index contributed by atoms with van der Waals surface area (Å²) in [5, 5.41) is 3.47. The van der Waals surface area contributed by atoms with Crippen molar-refractivity contribution < 1.29 is 0 Å². The van der Waals surface area contributed by atoms with Crippen molar-refractivity contribution in [3.8, 4) is 0 Å². The van der Waals surface area contributed by atoms with E-state index >= 15 is 0 Å². The van der Waals surface area contributed by atoms with E-state index in [-0.39, 0.29) is 0 Å². The molecule has 0 spiro atoms. The van der Waals surface area contributed by atoms with Crippen molar-refractivity contribution in [2.45, 2.75) is 52.0 Å². The molecule has 2 heteroatoms. The van der Waals surface area contributed by atoms with Gasteiger partial charge < -0.3 is 5.32 Å². The quantitative estimate of drug-likeness (QED) is 0.504. The summed E-state index contributed by atoms with van der Waals surface area (Å²) in [6.07, 6.45) is 11.3. The molecule has 0 aromatic heterocycles. The average molecular weight is 224 g/mol. The van der Waals surface area contributed by atoms with E-state index in [9.17, 15) is 0 Å². The van der Waals surface area contributed by atoms with Crippen LogP contribution in [0.25, 0.3) is 0 Å². The number of hydrogen-bond acceptors (Lipinski definition) is 2. The van der Waals surface area contributed by atoms with Gasteiger partial charge in [-0.1, -0.05) is 38.8 Å². The lowest BCUT2D eigenvalue weighted by atomic mass is 10.1. The highest BCUT2D eigenvalue weighted by Gasteiger charge is 2.04. The monoisotopic (exact) mass is 224 g/mol. The van der Waals surface area contributed by atoms with Gasteiger partial charge in [-0.2, -0.15) is 0 Å². The van der Waals surface area contributed by atoms with E-state index in [1.165, 1.54) is 58.3 Å². The van der Waals surface area contributed by atoms with Crippen LogP contribution in [-0.2, 0) is 0 Å². The smallest absolute Gasteiger partial charge is 0.0163 e. The molecule has 0 aliphatic carbocycles. The zero-order valence-corrected chi connectivity index (χ0v) is 11.0. The summed E-state index contributed by atoms with van der Waals surface area (Å²) in [5.41, 5.74) is 0. The highest BCUT2D eigenvalue weighted by molar-refractivity contribution is 4.90. The molecule has 0 aromatic carbocycles. The molecule has 2 nitrogen and oxygen atoms in total. The molecular formula is C14H28N2. The molecule has 0 aromatic rings. The summed E-state index contributed by atoms with van der Waals surface area (Å²) < 4.78 is 0. The van der Waals surface area contributed by atoms with Crippen molar-refractivity contribution in [1.82, 2.24) is 10.2 Å². The van der Waals surface area contributed by atoms with Crippen LogP contribution in [-0.4, -0.2) is 37.1 Å². The Kier molecular flexibility index (Phi) is 7.52. The second-order valence-corrected chi connectivity index (χ2v) is 5.08. The van der Waals surface area contributed by atoms with Crippen molar-refractivity contribution >= 4 is 0 Å². The molecule has 0 radical (unpaired) electrons. The fourth-order valence-electron chi connectivity index (χ4n) is 2.10. The highest BCUT2D eigenvalue weighted by atomic mass is 15.1. The Bertz CT molecular complexity index is 187. The molecule has 0 unspecified atom stereocenters. The molecule has 0 saturated heterocycles. The maximum Gasteiger partial charge on any atom is 0.0163 e. The Hall–Kier alpha value is -0.340. The van der Waals surface area contributed by atoms with Crippen LogP contribution in [0.3, 0.4) is 0 Å². The molecule has 1 aliphatic rings. The molecule has 0 saturated carbocycles. The van der Waals surface area contributed by atoms with Gasteiger partial charge in [0.2, 0.25) is 0 Å². The lowest BCUT2D eigenvalue weighted by molar-refractivity contribution is 0.290. The lowest BCUT2D eigenvalue weighted by Crippen LogP contribution is -2.28. The maximum atomic E-state index is 3.47. The van der Waals surface area contributed by atoms with Gasteiger partial charge in [-0.05, 0) is 32.4 Å². The molecular weight excluding hydrogens is 196 g/mol. The minimum Gasteiger partial charge on any atom is -0.315 e. The van der Waals surface area contributed by atoms with Crippen LogP contribution < -0.4 is 5.32 Å². The zero-order valence-electron chi connectivity index (χ0n) is 11.0. The van der Waals surface area contributed by atoms with E-state index in [1.807, 2.05) is 0 Å². The third-order valence-electron chi connectivity index (χ3n) is 3.10. The SMILES string of the molecule is CC(C)NCCCCCCN1CC=CCC1. The molecule has 0 bridgehead atoms. The van der Waals surface area contributed by atoms with E-state index in [4.69, 9.17) is 0 Å². The standard InChI is InChI=1S/C14H28N2/c1-14(2)15-10-6-3-4-7-11-16-12-8-5-9-13-16/h5,8,14-15H,3-4,6-7,9-13H2,1-2H3. The first kappa shape index (κ1) is 13.7. The van der Waals surface area contributed by atoms with Crippen LogP contribution in [0.1, 0.15) is 46.0 Å². The van der Waals surface area contributed by atoms with Gasteiger partial charge >= 0.3 is 0 Å². The van der Waals surface area contributed by atoms with E-state index in [1.54, 1.807) is 0 Å². The van der Waals surface area contributed by atoms with Gasteiger partial charge in [-0.25, -0.2) is 0 Å². The Morgan fingerprint density at radius 3 is 2.62 bits per heavy atom. The second-order valence-electron chi connectivity index (χ2n) is 5.08. The summed E-state index contributed by atoms with van der Waals surface area (Å²) in [6, 6.07) is 0.639. The topological polar surface area (TPSA) is 15.3 Å². The zero-order chi connectivity index (χ0) is 11.6. The Morgan fingerprint density at radius 1 is 1.12 bits per heavy atom. The van der Waals surface area contributed by atoms with Crippen LogP contribution in [0.4, 0.5) is 0 Å². The van der Waals surface area contributed by atoms with Crippen molar-refractivity contribution in [2.24, 2.45) is 0 Å². The van der Waals surface area contributed by atoms with Crippen LogP contribution in [0.2, 0.25) is 0 Å². The van der Waals surface area contributed by atoms with Crippen LogP contribution >= 0.6 is 0 Å². The molecule has 1 heterocycles. The third-order valence-corrected chi connectivity index (χ3v) is 3.10. The minimum atomic E-state index is 0.639. The molecule has 94 valence electrons. The van der Waals surface area contributed by atoms with E-state index in [0.29, 0.717) is 6.04 Å². The summed E-state index contributed by atoms with van der Waals surface area (Å²) >= 11 is 0. The van der Waals surface area contributed by atoms with Crippen LogP contribution in [0.15, 0.2) is 12.2 Å². The normalized spacial score (nSPS) is 17.2. The lowest BCUT2D eigenvalue weighted by Gasteiger charge is -2.22. The molecule has 0 amide bonds. The van der Waals surface area contributed by atoms with Crippen molar-refractivity contribution in [2.75, 3.05) is 26.2 Å². The van der Waals surface area contributed by atoms with Gasteiger partial charge in [0.15, 0.2) is 0 Å². The third kappa shape index (κ3) is 7.02. The summed E-state index contributed by atoms with van der Waals surface area (Å²) in [7, 11) is 0. The van der Waals surface area contributed by atoms with Gasteiger partial charge in [-0.3, -0.25) is 4.90 Å². The first-order valence-electron chi connectivity index (χ1n) is 6.90. The number of nitrogens with zero attached hydrogens (tertiary/aromatic N) is 1. The predicted octanol–water partition coefficient (Wildman–Crippen LogP) is 2.81. The summed E-state index contributed by atoms with van der Waals surface area (Å²) in [6.45, 7) is 9.35. The summed E-state index contributed by atoms with van der Waals surface area (Å²) in [4.78, 5) is 2.56. The van der Waals surface area contributed by atoms with E-state index in [2.05, 4.69) is 36.2 Å². The van der Waals surface area contributed by atoms with Gasteiger partial charge in [0.1, 0.15) is 0 Å². The molecule has 0 fully saturated rings. The molecule has 1 rings (SSSR count). The Morgan fingerprint density at radius 2 is 1.94 bits per heavy atom. The van der Waals surface area contributed by atoms with Crippen molar-refractivity contribution in [1.29, 1.82) is 0 Å². The van der Waals surface area contributed by atoms with Gasteiger partial charge in [-0.15, -0.1) is 0 Å². The highest BCUT2D eigenvalue weighted by Crippen LogP contribution is 2.05. The second kappa shape index (κ2) is 8.77. The van der Waals surface area contributed by atoms with Gasteiger partial charge in [0, 0.05) is 19.1 Å². The fraction of sp³-hybridized carbons (Fsp3) is 0.857. The Labute approximate surface area is 101 Å². The van der Waals surface area contributed by atoms with Crippen molar-refractivity contribution in [3.05, 3.63) is 12.2 Å². The van der Waals surface area contributed by atoms with E-state index < -0.39 is 0 Å². The van der Waals surface area contributed by atoms with E-state index in [0.717, 1.165) is 0 Å². The molecule has 1 N–H and O–H groups in total. The maximum absolute atomic E-state index is 3.47. The van der Waals surface area contributed by atoms with Gasteiger partial charge in [0.25, 0.3) is 0 Å². The molecule has 16 heavy (non-hydrogen) atoms. The number of rotatable bonds is 8. The fourth-order valence-corrected chi connectivity index (χ4v) is 2.10. The number of unbranched alkanes of at least 4 members (excludes halogenated alkanes) is 3. The van der Waals surface area contributed by atoms with Crippen molar-refractivity contribution in [3.63, 3.8) is 0 Å². The Balaban J connectivity index is 1.82. The first-order valence-corrected chi connectivity index (χ1v) is 6.90. The molecule has 0 atom stereocenters. The first-order chi connectivity index (χ1) is 7.79. The molecule has 1 aliphatic heterocycles. The minimum absolute atomic E-state index is 0.639. The summed E-state index contributed by atoms with van der Waals surface area (Å²) in [5.74, 6) is 0. The van der Waals surface area contributed by atoms with Crippen LogP contribution in [0, 0.1) is 0 Å². The van der Waals surface area contributed by atoms with Gasteiger partial charge in [0.05, 0.1) is 0 Å². The van der Waals surface area contributed by atoms with Crippen LogP contribution in [0.5, 0.6) is 0 Å². The number of hydrogen-bond donors (Lipinski definition) is 1. The largest absolute Gasteiger partial charge is 0.315 e.